The van der Waals surface area contributed by atoms with E-state index < -0.39 is 0 Å². The molecule has 2 aromatic heterocycles. The molecule has 1 amide bonds. The van der Waals surface area contributed by atoms with Gasteiger partial charge in [-0.15, -0.1) is 11.8 Å². The summed E-state index contributed by atoms with van der Waals surface area (Å²) in [5, 5.41) is 1.58. The van der Waals surface area contributed by atoms with Crippen LogP contribution in [0, 0.1) is 17.8 Å². The van der Waals surface area contributed by atoms with Crippen molar-refractivity contribution in [2.75, 3.05) is 26.3 Å². The van der Waals surface area contributed by atoms with Crippen molar-refractivity contribution in [2.45, 2.75) is 42.0 Å². The molecule has 0 N–H and O–H groups in total. The van der Waals surface area contributed by atoms with Crippen LogP contribution in [0.5, 0.6) is 0 Å². The van der Waals surface area contributed by atoms with Gasteiger partial charge < -0.3 is 9.64 Å². The summed E-state index contributed by atoms with van der Waals surface area (Å²) in [5.74, 6) is 2.30. The molecule has 5 atom stereocenters. The van der Waals surface area contributed by atoms with Gasteiger partial charge in [-0.3, -0.25) is 19.1 Å². The van der Waals surface area contributed by atoms with E-state index in [1.807, 2.05) is 35.1 Å². The predicted molar refractivity (Wildman–Crippen MR) is 116 cm³/mol. The fourth-order valence-electron chi connectivity index (χ4n) is 6.07. The van der Waals surface area contributed by atoms with Gasteiger partial charge >= 0.3 is 4.87 Å². The first kappa shape index (κ1) is 19.1. The molecule has 6 nitrogen and oxygen atoms in total. The van der Waals surface area contributed by atoms with Gasteiger partial charge in [0, 0.05) is 41.5 Å². The van der Waals surface area contributed by atoms with Crippen molar-refractivity contribution in [3.63, 3.8) is 0 Å². The maximum absolute atomic E-state index is 13.1. The van der Waals surface area contributed by atoms with Crippen molar-refractivity contribution in [2.24, 2.45) is 17.8 Å². The highest BCUT2D eigenvalue weighted by atomic mass is 32.2. The Balaban J connectivity index is 1.40. The molecular formula is C22H25N3O3S2. The molecule has 3 fully saturated rings. The molecule has 30 heavy (non-hydrogen) atoms. The van der Waals surface area contributed by atoms with E-state index in [0.29, 0.717) is 37.5 Å². The first-order chi connectivity index (χ1) is 14.7. The third kappa shape index (κ3) is 2.99. The molecule has 4 aliphatic rings. The van der Waals surface area contributed by atoms with Crippen molar-refractivity contribution in [3.05, 3.63) is 44.6 Å². The van der Waals surface area contributed by atoms with Gasteiger partial charge in [0.1, 0.15) is 6.54 Å². The van der Waals surface area contributed by atoms with Gasteiger partial charge in [0.25, 0.3) is 0 Å². The third-order valence-corrected chi connectivity index (χ3v) is 10.2. The molecule has 158 valence electrons. The highest BCUT2D eigenvalue weighted by Gasteiger charge is 2.55. The molecule has 2 aliphatic heterocycles. The molecule has 0 spiro atoms. The Labute approximate surface area is 183 Å². The summed E-state index contributed by atoms with van der Waals surface area (Å²) in [4.78, 5) is 33.3. The first-order valence-electron chi connectivity index (χ1n) is 10.9. The van der Waals surface area contributed by atoms with E-state index >= 15 is 0 Å². The Kier molecular flexibility index (Phi) is 4.77. The minimum atomic E-state index is -0.00433. The third-order valence-electron chi connectivity index (χ3n) is 7.39. The number of aromatic nitrogens is 2. The van der Waals surface area contributed by atoms with Crippen LogP contribution in [-0.4, -0.2) is 51.9 Å². The second-order valence-corrected chi connectivity index (χ2v) is 11.0. The van der Waals surface area contributed by atoms with Crippen molar-refractivity contribution in [1.29, 1.82) is 0 Å². The van der Waals surface area contributed by atoms with Crippen LogP contribution in [0.25, 0.3) is 0 Å². The monoisotopic (exact) mass is 443 g/mol. The van der Waals surface area contributed by atoms with E-state index in [0.717, 1.165) is 21.7 Å². The van der Waals surface area contributed by atoms with E-state index in [4.69, 9.17) is 4.74 Å². The Morgan fingerprint density at radius 3 is 2.87 bits per heavy atom. The van der Waals surface area contributed by atoms with Crippen LogP contribution < -0.4 is 4.87 Å². The van der Waals surface area contributed by atoms with E-state index in [2.05, 4.69) is 11.1 Å². The number of pyridine rings is 1. The lowest BCUT2D eigenvalue weighted by molar-refractivity contribution is -0.136. The average Bonchev–Trinajstić information content (AvgIpc) is 3.48. The molecular weight excluding hydrogens is 418 g/mol. The maximum Gasteiger partial charge on any atom is 0.308 e. The Bertz CT molecular complexity index is 1010. The zero-order chi connectivity index (χ0) is 20.2. The molecule has 2 bridgehead atoms. The van der Waals surface area contributed by atoms with Gasteiger partial charge in [-0.05, 0) is 48.6 Å². The van der Waals surface area contributed by atoms with Crippen LogP contribution in [-0.2, 0) is 16.1 Å². The van der Waals surface area contributed by atoms with Crippen molar-refractivity contribution in [1.82, 2.24) is 14.5 Å². The Hall–Kier alpha value is -1.64. The average molecular weight is 444 g/mol. The summed E-state index contributed by atoms with van der Waals surface area (Å²) in [6, 6.07) is 4.16. The zero-order valence-electron chi connectivity index (χ0n) is 16.7. The number of ether oxygens (including phenoxy) is 1. The molecule has 0 radical (unpaired) electrons. The minimum Gasteiger partial charge on any atom is -0.378 e. The normalized spacial score (nSPS) is 32.1. The number of hydrogen-bond donors (Lipinski definition) is 0. The van der Waals surface area contributed by atoms with Crippen LogP contribution in [0.3, 0.4) is 0 Å². The van der Waals surface area contributed by atoms with Crippen LogP contribution in [0.4, 0.5) is 0 Å². The van der Waals surface area contributed by atoms with Crippen molar-refractivity contribution in [3.8, 4) is 0 Å². The summed E-state index contributed by atoms with van der Waals surface area (Å²) < 4.78 is 7.13. The maximum atomic E-state index is 13.1. The van der Waals surface area contributed by atoms with Gasteiger partial charge in [0.05, 0.1) is 18.2 Å². The lowest BCUT2D eigenvalue weighted by Crippen LogP contribution is -2.43. The molecule has 4 heterocycles. The van der Waals surface area contributed by atoms with Crippen molar-refractivity contribution < 1.29 is 9.53 Å². The number of nitrogens with zero attached hydrogens (tertiary/aromatic N) is 3. The topological polar surface area (TPSA) is 64.4 Å². The lowest BCUT2D eigenvalue weighted by Gasteiger charge is -2.40. The van der Waals surface area contributed by atoms with Crippen LogP contribution >= 0.6 is 23.1 Å². The lowest BCUT2D eigenvalue weighted by atomic mass is 9.75. The molecule has 2 aliphatic carbocycles. The number of thiazole rings is 1. The van der Waals surface area contributed by atoms with Gasteiger partial charge in [0.15, 0.2) is 0 Å². The summed E-state index contributed by atoms with van der Waals surface area (Å²) in [7, 11) is 0. The summed E-state index contributed by atoms with van der Waals surface area (Å²) in [6.07, 6.45) is 7.71. The van der Waals surface area contributed by atoms with Gasteiger partial charge in [-0.1, -0.05) is 17.4 Å². The number of morpholine rings is 1. The van der Waals surface area contributed by atoms with E-state index in [9.17, 15) is 9.59 Å². The summed E-state index contributed by atoms with van der Waals surface area (Å²) in [6.45, 7) is 2.52. The van der Waals surface area contributed by atoms with Crippen LogP contribution in [0.2, 0.25) is 0 Å². The SMILES string of the molecule is O=C(Cn1c2c(sc1=O)[C@@H](c1cccnc1)C1C3CCC(C3)C1S2)N1CCOCC1. The number of carbonyl (C=O) groups excluding carboxylic acids is 1. The molecule has 1 saturated heterocycles. The fraction of sp³-hybridized carbons (Fsp3) is 0.591. The minimum absolute atomic E-state index is 0.00433. The quantitative estimate of drug-likeness (QED) is 0.730. The Morgan fingerprint density at radius 2 is 2.07 bits per heavy atom. The highest BCUT2D eigenvalue weighted by Crippen LogP contribution is 2.63. The van der Waals surface area contributed by atoms with Crippen LogP contribution in [0.15, 0.2) is 34.3 Å². The Morgan fingerprint density at radius 1 is 1.23 bits per heavy atom. The number of amides is 1. The smallest absolute Gasteiger partial charge is 0.308 e. The second kappa shape index (κ2) is 7.50. The second-order valence-electron chi connectivity index (χ2n) is 8.87. The summed E-state index contributed by atoms with van der Waals surface area (Å²) >= 11 is 3.23. The molecule has 8 heteroatoms. The molecule has 0 aromatic carbocycles. The molecule has 6 rings (SSSR count). The number of hydrogen-bond acceptors (Lipinski definition) is 6. The highest BCUT2D eigenvalue weighted by molar-refractivity contribution is 8.00. The zero-order valence-corrected chi connectivity index (χ0v) is 18.4. The van der Waals surface area contributed by atoms with E-state index in [-0.39, 0.29) is 23.2 Å². The first-order valence-corrected chi connectivity index (χ1v) is 12.6. The fourth-order valence-corrected chi connectivity index (χ4v) is 9.22. The number of fused-ring (bicyclic) bond motifs is 6. The molecule has 2 saturated carbocycles. The van der Waals surface area contributed by atoms with Gasteiger partial charge in [0.2, 0.25) is 5.91 Å². The van der Waals surface area contributed by atoms with Crippen LogP contribution in [0.1, 0.15) is 35.6 Å². The number of thioether (sulfide) groups is 1. The molecule has 4 unspecified atom stereocenters. The number of carbonyl (C=O) groups is 1. The van der Waals surface area contributed by atoms with E-state index in [1.165, 1.54) is 36.2 Å². The molecule has 2 aromatic rings. The van der Waals surface area contributed by atoms with Gasteiger partial charge in [-0.25, -0.2) is 0 Å². The van der Waals surface area contributed by atoms with Gasteiger partial charge in [-0.2, -0.15) is 0 Å². The predicted octanol–water partition coefficient (Wildman–Crippen LogP) is 2.82. The summed E-state index contributed by atoms with van der Waals surface area (Å²) in [5.41, 5.74) is 1.22. The van der Waals surface area contributed by atoms with E-state index in [1.54, 1.807) is 4.57 Å². The largest absolute Gasteiger partial charge is 0.378 e. The number of rotatable bonds is 3. The standard InChI is InChI=1S/C22H25N3O3S2/c26-16(24-6-8-28-9-7-24)12-25-21-20(30-22(25)27)18(15-2-1-5-23-11-15)17-13-3-4-14(10-13)19(17)29-21/h1-2,5,11,13-14,17-19H,3-4,6-10,12H2/t13?,14?,17?,18-,19?/m0/s1. The van der Waals surface area contributed by atoms with Crippen molar-refractivity contribution >= 4 is 29.0 Å².